The summed E-state index contributed by atoms with van der Waals surface area (Å²) in [4.78, 5) is 38.5. The molecule has 2 aromatic carbocycles. The summed E-state index contributed by atoms with van der Waals surface area (Å²) in [6, 6.07) is 12.1. The molecule has 3 amide bonds. The zero-order valence-corrected chi connectivity index (χ0v) is 15.3. The topological polar surface area (TPSA) is 66.5 Å². The van der Waals surface area contributed by atoms with Gasteiger partial charge >= 0.3 is 6.03 Å². The molecule has 0 bridgehead atoms. The third-order valence-electron chi connectivity index (χ3n) is 4.79. The Bertz CT molecular complexity index is 895. The Morgan fingerprint density at radius 2 is 1.85 bits per heavy atom. The van der Waals surface area contributed by atoms with Gasteiger partial charge in [0.1, 0.15) is 11.4 Å². The van der Waals surface area contributed by atoms with Gasteiger partial charge in [0.05, 0.1) is 6.54 Å². The van der Waals surface area contributed by atoms with Crippen molar-refractivity contribution in [2.24, 2.45) is 0 Å². The SMILES string of the molecule is CCCc1ccc([C@]2(C)NC(=O)N(CC(=O)c3cccc(F)c3)C2=O)cc1. The van der Waals surface area contributed by atoms with Crippen molar-refractivity contribution >= 4 is 17.7 Å². The minimum Gasteiger partial charge on any atom is -0.319 e. The number of imide groups is 1. The minimum atomic E-state index is -1.23. The van der Waals surface area contributed by atoms with E-state index in [0.717, 1.165) is 29.4 Å². The molecule has 6 heteroatoms. The molecule has 1 fully saturated rings. The highest BCUT2D eigenvalue weighted by molar-refractivity contribution is 6.11. The van der Waals surface area contributed by atoms with Crippen LogP contribution in [0.4, 0.5) is 9.18 Å². The average Bonchev–Trinajstić information content (AvgIpc) is 2.86. The zero-order chi connectivity index (χ0) is 19.6. The van der Waals surface area contributed by atoms with Gasteiger partial charge in [-0.1, -0.05) is 49.7 Å². The van der Waals surface area contributed by atoms with Crippen molar-refractivity contribution in [1.82, 2.24) is 10.2 Å². The van der Waals surface area contributed by atoms with Crippen LogP contribution in [0.25, 0.3) is 0 Å². The maximum absolute atomic E-state index is 13.3. The van der Waals surface area contributed by atoms with Crippen LogP contribution in [0.15, 0.2) is 48.5 Å². The van der Waals surface area contributed by atoms with Crippen molar-refractivity contribution in [1.29, 1.82) is 0 Å². The normalized spacial score (nSPS) is 19.3. The molecule has 0 spiro atoms. The summed E-state index contributed by atoms with van der Waals surface area (Å²) in [6.45, 7) is 3.27. The highest BCUT2D eigenvalue weighted by Crippen LogP contribution is 2.29. The predicted molar refractivity (Wildman–Crippen MR) is 98.8 cm³/mol. The fraction of sp³-hybridized carbons (Fsp3) is 0.286. The van der Waals surface area contributed by atoms with E-state index in [9.17, 15) is 18.8 Å². The predicted octanol–water partition coefficient (Wildman–Crippen LogP) is 3.43. The standard InChI is InChI=1S/C21H21FN2O3/c1-3-5-14-8-10-16(11-9-14)21(2)19(26)24(20(27)23-21)13-18(25)15-6-4-7-17(22)12-15/h4,6-12H,3,5,13H2,1-2H3,(H,23,27)/t21-/m0/s1. The van der Waals surface area contributed by atoms with Crippen molar-refractivity contribution in [2.75, 3.05) is 6.54 Å². The number of rotatable bonds is 6. The molecule has 0 radical (unpaired) electrons. The molecule has 0 aliphatic carbocycles. The van der Waals surface area contributed by atoms with Crippen molar-refractivity contribution in [3.63, 3.8) is 0 Å². The summed E-state index contributed by atoms with van der Waals surface area (Å²) in [7, 11) is 0. The first-order chi connectivity index (χ1) is 12.8. The summed E-state index contributed by atoms with van der Waals surface area (Å²) in [5.41, 5.74) is 0.693. The van der Waals surface area contributed by atoms with E-state index in [-0.39, 0.29) is 5.56 Å². The number of Topliss-reactive ketones (excluding diaryl/α,β-unsaturated/α-hetero) is 1. The molecule has 0 unspecified atom stereocenters. The van der Waals surface area contributed by atoms with Crippen LogP contribution in [-0.4, -0.2) is 29.2 Å². The molecule has 3 rings (SSSR count). The molecule has 27 heavy (non-hydrogen) atoms. The quantitative estimate of drug-likeness (QED) is 0.627. The van der Waals surface area contributed by atoms with Gasteiger partial charge < -0.3 is 5.32 Å². The molecular weight excluding hydrogens is 347 g/mol. The lowest BCUT2D eigenvalue weighted by Crippen LogP contribution is -2.41. The third-order valence-corrected chi connectivity index (χ3v) is 4.79. The molecule has 1 aliphatic heterocycles. The molecule has 1 saturated heterocycles. The fourth-order valence-electron chi connectivity index (χ4n) is 3.23. The molecule has 1 N–H and O–H groups in total. The summed E-state index contributed by atoms with van der Waals surface area (Å²) in [6.07, 6.45) is 1.95. The number of benzene rings is 2. The van der Waals surface area contributed by atoms with E-state index >= 15 is 0 Å². The van der Waals surface area contributed by atoms with Gasteiger partial charge in [-0.15, -0.1) is 0 Å². The first-order valence-corrected chi connectivity index (χ1v) is 8.87. The molecule has 0 aromatic heterocycles. The minimum absolute atomic E-state index is 0.119. The van der Waals surface area contributed by atoms with Crippen LogP contribution in [0.5, 0.6) is 0 Å². The van der Waals surface area contributed by atoms with Crippen molar-refractivity contribution in [2.45, 2.75) is 32.2 Å². The second-order valence-corrected chi connectivity index (χ2v) is 6.83. The van der Waals surface area contributed by atoms with E-state index in [0.29, 0.717) is 5.56 Å². The summed E-state index contributed by atoms with van der Waals surface area (Å²) in [5, 5.41) is 2.68. The second-order valence-electron chi connectivity index (χ2n) is 6.83. The van der Waals surface area contributed by atoms with Gasteiger partial charge in [-0.3, -0.25) is 14.5 Å². The Kier molecular flexibility index (Phi) is 5.08. The highest BCUT2D eigenvalue weighted by atomic mass is 19.1. The van der Waals surface area contributed by atoms with Crippen molar-refractivity contribution < 1.29 is 18.8 Å². The van der Waals surface area contributed by atoms with E-state index < -0.39 is 35.6 Å². The molecule has 2 aromatic rings. The van der Waals surface area contributed by atoms with Crippen LogP contribution in [-0.2, 0) is 16.8 Å². The van der Waals surface area contributed by atoms with E-state index in [1.807, 2.05) is 24.3 Å². The van der Waals surface area contributed by atoms with Crippen LogP contribution in [0.1, 0.15) is 41.8 Å². The maximum Gasteiger partial charge on any atom is 0.325 e. The molecule has 1 atom stereocenters. The van der Waals surface area contributed by atoms with Crippen LogP contribution in [0, 0.1) is 5.82 Å². The molecule has 140 valence electrons. The highest BCUT2D eigenvalue weighted by Gasteiger charge is 2.49. The number of carbonyl (C=O) groups is 3. The van der Waals surface area contributed by atoms with Gasteiger partial charge in [0.15, 0.2) is 5.78 Å². The van der Waals surface area contributed by atoms with Gasteiger partial charge in [-0.25, -0.2) is 9.18 Å². The Hall–Kier alpha value is -3.02. The largest absolute Gasteiger partial charge is 0.325 e. The number of ketones is 1. The molecule has 5 nitrogen and oxygen atoms in total. The third kappa shape index (κ3) is 3.60. The van der Waals surface area contributed by atoms with Crippen molar-refractivity contribution in [3.8, 4) is 0 Å². The van der Waals surface area contributed by atoms with Gasteiger partial charge in [0.25, 0.3) is 5.91 Å². The lowest BCUT2D eigenvalue weighted by Gasteiger charge is -2.22. The molecular formula is C21H21FN2O3. The summed E-state index contributed by atoms with van der Waals surface area (Å²) in [5.74, 6) is -1.55. The number of urea groups is 1. The molecule has 1 aliphatic rings. The van der Waals surface area contributed by atoms with Gasteiger partial charge in [0, 0.05) is 5.56 Å². The number of nitrogens with one attached hydrogen (secondary N) is 1. The second kappa shape index (κ2) is 7.31. The fourth-order valence-corrected chi connectivity index (χ4v) is 3.23. The number of halogens is 1. The van der Waals surface area contributed by atoms with E-state index in [4.69, 9.17) is 0 Å². The Morgan fingerprint density at radius 3 is 2.48 bits per heavy atom. The van der Waals surface area contributed by atoms with Gasteiger partial charge in [-0.2, -0.15) is 0 Å². The lowest BCUT2D eigenvalue weighted by atomic mass is 9.91. The van der Waals surface area contributed by atoms with Crippen LogP contribution >= 0.6 is 0 Å². The summed E-state index contributed by atoms with van der Waals surface area (Å²) < 4.78 is 13.3. The van der Waals surface area contributed by atoms with Crippen LogP contribution < -0.4 is 5.32 Å². The number of nitrogens with zero attached hydrogens (tertiary/aromatic N) is 1. The first kappa shape index (κ1) is 18.8. The smallest absolute Gasteiger partial charge is 0.319 e. The van der Waals surface area contributed by atoms with Gasteiger partial charge in [-0.05, 0) is 36.6 Å². The maximum atomic E-state index is 13.3. The first-order valence-electron chi connectivity index (χ1n) is 8.87. The van der Waals surface area contributed by atoms with Gasteiger partial charge in [0.2, 0.25) is 0 Å². The zero-order valence-electron chi connectivity index (χ0n) is 15.3. The Morgan fingerprint density at radius 1 is 1.15 bits per heavy atom. The summed E-state index contributed by atoms with van der Waals surface area (Å²) >= 11 is 0. The molecule has 0 saturated carbocycles. The molecule has 1 heterocycles. The van der Waals surface area contributed by atoms with E-state index in [1.165, 1.54) is 18.2 Å². The van der Waals surface area contributed by atoms with E-state index in [1.54, 1.807) is 6.92 Å². The monoisotopic (exact) mass is 368 g/mol. The number of hydrogen-bond donors (Lipinski definition) is 1. The number of carbonyl (C=O) groups excluding carboxylic acids is 3. The lowest BCUT2D eigenvalue weighted by molar-refractivity contribution is -0.130. The number of amides is 3. The van der Waals surface area contributed by atoms with Crippen LogP contribution in [0.2, 0.25) is 0 Å². The average molecular weight is 368 g/mol. The number of hydrogen-bond acceptors (Lipinski definition) is 3. The Balaban J connectivity index is 1.80. The van der Waals surface area contributed by atoms with E-state index in [2.05, 4.69) is 12.2 Å². The number of aryl methyl sites for hydroxylation is 1. The Labute approximate surface area is 157 Å². The van der Waals surface area contributed by atoms with Crippen LogP contribution in [0.3, 0.4) is 0 Å². The van der Waals surface area contributed by atoms with Crippen molar-refractivity contribution in [3.05, 3.63) is 71.0 Å².